The number of rotatable bonds is 2. The Morgan fingerprint density at radius 2 is 1.44 bits per heavy atom. The Labute approximate surface area is 56.2 Å². The van der Waals surface area contributed by atoms with Gasteiger partial charge in [-0.3, -0.25) is 0 Å². The summed E-state index contributed by atoms with van der Waals surface area (Å²) in [5.74, 6) is -4.60. The van der Waals surface area contributed by atoms with E-state index in [0.717, 1.165) is 0 Å². The minimum Gasteiger partial charge on any atom is -0.244 e. The molecule has 0 radical (unpaired) electrons. The van der Waals surface area contributed by atoms with Crippen LogP contribution in [0, 0.1) is 0 Å². The molecule has 0 saturated heterocycles. The third-order valence-corrected chi connectivity index (χ3v) is 1.16. The van der Waals surface area contributed by atoms with Gasteiger partial charge in [0.1, 0.15) is 0 Å². The maximum absolute atomic E-state index is 11.5. The van der Waals surface area contributed by atoms with Gasteiger partial charge in [0.05, 0.1) is 0 Å². The number of hydrogen-bond donors (Lipinski definition) is 0. The maximum atomic E-state index is 11.5. The molecule has 0 fully saturated rings. The fourth-order valence-electron chi connectivity index (χ4n) is 0.0758. The fourth-order valence-corrected chi connectivity index (χ4v) is 0.182. The highest BCUT2D eigenvalue weighted by Gasteiger charge is 2.54. The fraction of sp³-hybridized carbons (Fsp3) is 1.00. The highest BCUT2D eigenvalue weighted by atomic mass is 79.9. The van der Waals surface area contributed by atoms with Gasteiger partial charge in [-0.2, -0.15) is 17.6 Å². The first kappa shape index (κ1) is 9.13. The first-order valence-corrected chi connectivity index (χ1v) is 2.61. The average molecular weight is 213 g/mol. The van der Waals surface area contributed by atoms with Gasteiger partial charge in [0.25, 0.3) is 0 Å². The van der Waals surface area contributed by atoms with Crippen LogP contribution in [0.15, 0.2) is 0 Å². The van der Waals surface area contributed by atoms with E-state index >= 15 is 0 Å². The van der Waals surface area contributed by atoms with E-state index in [1.54, 1.807) is 0 Å². The molecule has 9 heavy (non-hydrogen) atoms. The molecule has 0 rings (SSSR count). The van der Waals surface area contributed by atoms with Gasteiger partial charge >= 0.3 is 10.8 Å². The normalized spacial score (nSPS) is 14.0. The van der Waals surface area contributed by atoms with Crippen LogP contribution in [0.1, 0.15) is 0 Å². The molecule has 0 amide bonds. The maximum Gasteiger partial charge on any atom is 0.366 e. The van der Waals surface area contributed by atoms with Crippen LogP contribution in [0.5, 0.6) is 0 Å². The number of halogens is 6. The molecule has 0 N–H and O–H groups in total. The third kappa shape index (κ3) is 2.08. The molecule has 0 heterocycles. The van der Waals surface area contributed by atoms with Gasteiger partial charge in [-0.05, 0) is 15.9 Å². The van der Waals surface area contributed by atoms with Crippen molar-refractivity contribution in [3.8, 4) is 0 Å². The van der Waals surface area contributed by atoms with Crippen LogP contribution in [0.25, 0.3) is 0 Å². The summed E-state index contributed by atoms with van der Waals surface area (Å²) in [6.07, 6.45) is 0. The van der Waals surface area contributed by atoms with Crippen molar-refractivity contribution in [2.24, 2.45) is 0 Å². The second-order valence-electron chi connectivity index (χ2n) is 1.34. The number of alkyl halides is 6. The van der Waals surface area contributed by atoms with Crippen molar-refractivity contribution in [3.05, 3.63) is 0 Å². The van der Waals surface area contributed by atoms with Crippen LogP contribution < -0.4 is 0 Å². The van der Waals surface area contributed by atoms with E-state index in [-0.39, 0.29) is 0 Å². The third-order valence-electron chi connectivity index (χ3n) is 0.583. The molecule has 0 unspecified atom stereocenters. The van der Waals surface area contributed by atoms with Crippen LogP contribution in [-0.2, 0) is 0 Å². The van der Waals surface area contributed by atoms with E-state index in [0.29, 0.717) is 0 Å². The van der Waals surface area contributed by atoms with Crippen LogP contribution >= 0.6 is 15.9 Å². The van der Waals surface area contributed by atoms with Crippen molar-refractivity contribution < 1.29 is 22.0 Å². The summed E-state index contributed by atoms with van der Waals surface area (Å²) in [7, 11) is 0. The van der Waals surface area contributed by atoms with Gasteiger partial charge in [0.15, 0.2) is 6.67 Å². The Balaban J connectivity index is 4.14. The van der Waals surface area contributed by atoms with Crippen molar-refractivity contribution >= 4 is 15.9 Å². The second-order valence-corrected chi connectivity index (χ2v) is 2.33. The van der Waals surface area contributed by atoms with Crippen LogP contribution in [-0.4, -0.2) is 17.4 Å². The van der Waals surface area contributed by atoms with E-state index < -0.39 is 17.4 Å². The molecule has 56 valence electrons. The Morgan fingerprint density at radius 3 is 1.44 bits per heavy atom. The summed E-state index contributed by atoms with van der Waals surface area (Å²) >= 11 is 1.34. The van der Waals surface area contributed by atoms with Crippen LogP contribution in [0.3, 0.4) is 0 Å². The molecule has 6 heteroatoms. The molecule has 0 spiro atoms. The summed E-state index contributed by atoms with van der Waals surface area (Å²) < 4.78 is 56.8. The smallest absolute Gasteiger partial charge is 0.244 e. The monoisotopic (exact) mass is 212 g/mol. The predicted molar refractivity (Wildman–Crippen MR) is 24.8 cm³/mol. The van der Waals surface area contributed by atoms with Gasteiger partial charge in [0.2, 0.25) is 0 Å². The van der Waals surface area contributed by atoms with E-state index in [9.17, 15) is 22.0 Å². The molecule has 0 aromatic heterocycles. The Bertz CT molecular complexity index is 94.9. The Hall–Kier alpha value is 0.130. The predicted octanol–water partition coefficient (Wildman–Crippen LogP) is 2.58. The second kappa shape index (κ2) is 2.40. The van der Waals surface area contributed by atoms with Crippen molar-refractivity contribution in [1.29, 1.82) is 0 Å². The minimum absolute atomic E-state index is 1.34. The minimum atomic E-state index is -4.60. The molecular formula is C3H2BrF5. The summed E-state index contributed by atoms with van der Waals surface area (Å²) in [4.78, 5) is -4.45. The molecule has 0 nitrogen and oxygen atoms in total. The van der Waals surface area contributed by atoms with Crippen molar-refractivity contribution in [3.63, 3.8) is 0 Å². The standard InChI is InChI=1S/C3H2BrF5/c4-3(8,9)2(6,7)1-5/h1H2. The van der Waals surface area contributed by atoms with Crippen LogP contribution in [0.4, 0.5) is 22.0 Å². The van der Waals surface area contributed by atoms with E-state index in [1.807, 2.05) is 0 Å². The quantitative estimate of drug-likeness (QED) is 0.488. The molecule has 0 aliphatic heterocycles. The Kier molecular flexibility index (Phi) is 2.43. The summed E-state index contributed by atoms with van der Waals surface area (Å²) in [6.45, 7) is -2.37. The molecule has 0 aliphatic carbocycles. The molecule has 0 aromatic rings. The number of hydrogen-bond acceptors (Lipinski definition) is 0. The van der Waals surface area contributed by atoms with Gasteiger partial charge in [0, 0.05) is 0 Å². The van der Waals surface area contributed by atoms with Crippen molar-refractivity contribution in [2.45, 2.75) is 10.8 Å². The highest BCUT2D eigenvalue weighted by molar-refractivity contribution is 9.10. The zero-order valence-corrected chi connectivity index (χ0v) is 5.56. The van der Waals surface area contributed by atoms with E-state index in [2.05, 4.69) is 0 Å². The first-order chi connectivity index (χ1) is 3.81. The van der Waals surface area contributed by atoms with Crippen LogP contribution in [0.2, 0.25) is 0 Å². The lowest BCUT2D eigenvalue weighted by atomic mass is 10.4. The van der Waals surface area contributed by atoms with Gasteiger partial charge in [-0.1, -0.05) is 0 Å². The largest absolute Gasteiger partial charge is 0.366 e. The zero-order chi connectivity index (χ0) is 7.71. The van der Waals surface area contributed by atoms with E-state index in [1.165, 1.54) is 15.9 Å². The first-order valence-electron chi connectivity index (χ1n) is 1.82. The van der Waals surface area contributed by atoms with Crippen molar-refractivity contribution in [1.82, 2.24) is 0 Å². The van der Waals surface area contributed by atoms with E-state index in [4.69, 9.17) is 0 Å². The lowest BCUT2D eigenvalue weighted by molar-refractivity contribution is -0.156. The zero-order valence-electron chi connectivity index (χ0n) is 3.97. The molecule has 0 atom stereocenters. The highest BCUT2D eigenvalue weighted by Crippen LogP contribution is 2.39. The van der Waals surface area contributed by atoms with Crippen molar-refractivity contribution in [2.75, 3.05) is 6.67 Å². The van der Waals surface area contributed by atoms with Gasteiger partial charge in [-0.25, -0.2) is 4.39 Å². The summed E-state index contributed by atoms with van der Waals surface area (Å²) in [5.41, 5.74) is 0. The SMILES string of the molecule is FCC(F)(F)C(F)(F)Br. The van der Waals surface area contributed by atoms with Gasteiger partial charge in [-0.15, -0.1) is 0 Å². The molecule has 0 aromatic carbocycles. The molecular weight excluding hydrogens is 211 g/mol. The molecule has 0 saturated carbocycles. The Morgan fingerprint density at radius 1 is 1.11 bits per heavy atom. The summed E-state index contributed by atoms with van der Waals surface area (Å²) in [6, 6.07) is 0. The lowest BCUT2D eigenvalue weighted by Crippen LogP contribution is -2.36. The average Bonchev–Trinajstić information content (AvgIpc) is 1.64. The molecule has 0 aliphatic rings. The summed E-state index contributed by atoms with van der Waals surface area (Å²) in [5, 5.41) is 0. The topological polar surface area (TPSA) is 0 Å². The lowest BCUT2D eigenvalue weighted by Gasteiger charge is -2.16. The molecule has 0 bridgehead atoms. The van der Waals surface area contributed by atoms with Gasteiger partial charge < -0.3 is 0 Å².